The predicted octanol–water partition coefficient (Wildman–Crippen LogP) is 1.53. The minimum absolute atomic E-state index is 0.0274. The lowest BCUT2D eigenvalue weighted by Crippen LogP contribution is -2.37. The van der Waals surface area contributed by atoms with Crippen molar-refractivity contribution in [3.8, 4) is 0 Å². The van der Waals surface area contributed by atoms with Gasteiger partial charge in [-0.05, 0) is 11.5 Å². The molecule has 2 amide bonds. The second-order valence-corrected chi connectivity index (χ2v) is 7.72. The van der Waals surface area contributed by atoms with E-state index in [2.05, 4.69) is 5.32 Å². The van der Waals surface area contributed by atoms with Crippen molar-refractivity contribution in [2.24, 2.45) is 0 Å². The molecule has 1 N–H and O–H groups in total. The van der Waals surface area contributed by atoms with Gasteiger partial charge in [0.15, 0.2) is 9.84 Å². The maximum absolute atomic E-state index is 12.3. The molecule has 2 heterocycles. The van der Waals surface area contributed by atoms with Crippen LogP contribution in [0.4, 0.5) is 10.5 Å². The molecule has 0 unspecified atom stereocenters. The number of nitrogens with zero attached hydrogens (tertiary/aromatic N) is 1. The van der Waals surface area contributed by atoms with Gasteiger partial charge >= 0.3 is 6.03 Å². The smallest absolute Gasteiger partial charge is 0.322 e. The Morgan fingerprint density at radius 2 is 1.81 bits per heavy atom. The lowest BCUT2D eigenvalue weighted by molar-refractivity contribution is 0.251. The number of sulfone groups is 1. The number of rotatable bonds is 1. The van der Waals surface area contributed by atoms with Crippen LogP contribution in [0.2, 0.25) is 0 Å². The molecule has 4 rings (SSSR count). The van der Waals surface area contributed by atoms with Crippen molar-refractivity contribution in [1.82, 2.24) is 5.32 Å². The fraction of sp³-hybridized carbons (Fsp3) is 0.267. The van der Waals surface area contributed by atoms with Crippen molar-refractivity contribution >= 4 is 32.3 Å². The van der Waals surface area contributed by atoms with E-state index in [4.69, 9.17) is 0 Å². The summed E-state index contributed by atoms with van der Waals surface area (Å²) in [5, 5.41) is 4.79. The molecule has 5 nitrogen and oxygen atoms in total. The third kappa shape index (κ3) is 1.90. The van der Waals surface area contributed by atoms with E-state index in [1.165, 1.54) is 0 Å². The summed E-state index contributed by atoms with van der Waals surface area (Å²) in [4.78, 5) is 13.9. The van der Waals surface area contributed by atoms with Crippen LogP contribution >= 0.6 is 0 Å². The minimum Gasteiger partial charge on any atom is -0.332 e. The number of hydrogen-bond donors (Lipinski definition) is 1. The van der Waals surface area contributed by atoms with Gasteiger partial charge in [0.1, 0.15) is 0 Å². The Balaban J connectivity index is 1.86. The molecule has 2 aromatic carbocycles. The number of benzene rings is 2. The minimum atomic E-state index is -3.08. The summed E-state index contributed by atoms with van der Waals surface area (Å²) < 4.78 is 23.6. The Bertz CT molecular complexity index is 842. The second kappa shape index (κ2) is 4.21. The Hall–Kier alpha value is -2.08. The number of amides is 2. The third-order valence-electron chi connectivity index (χ3n) is 4.21. The zero-order chi connectivity index (χ0) is 14.6. The van der Waals surface area contributed by atoms with Crippen LogP contribution in [-0.4, -0.2) is 38.0 Å². The summed E-state index contributed by atoms with van der Waals surface area (Å²) in [6.45, 7) is 0. The molecule has 2 saturated heterocycles. The summed E-state index contributed by atoms with van der Waals surface area (Å²) >= 11 is 0. The van der Waals surface area contributed by atoms with Crippen molar-refractivity contribution in [3.63, 3.8) is 0 Å². The first-order chi connectivity index (χ1) is 10.1. The highest BCUT2D eigenvalue weighted by Crippen LogP contribution is 2.34. The van der Waals surface area contributed by atoms with Crippen LogP contribution in [0.3, 0.4) is 0 Å². The number of urea groups is 1. The second-order valence-electron chi connectivity index (χ2n) is 5.57. The summed E-state index contributed by atoms with van der Waals surface area (Å²) in [6.07, 6.45) is 0. The first-order valence-corrected chi connectivity index (χ1v) is 8.65. The van der Waals surface area contributed by atoms with Gasteiger partial charge in [0, 0.05) is 5.39 Å². The van der Waals surface area contributed by atoms with Crippen molar-refractivity contribution in [3.05, 3.63) is 42.5 Å². The first-order valence-electron chi connectivity index (χ1n) is 6.83. The van der Waals surface area contributed by atoms with Gasteiger partial charge < -0.3 is 5.32 Å². The molecular formula is C15H14N2O3S. The predicted molar refractivity (Wildman–Crippen MR) is 81.2 cm³/mol. The van der Waals surface area contributed by atoms with Gasteiger partial charge in [-0.2, -0.15) is 0 Å². The molecule has 0 aliphatic carbocycles. The largest absolute Gasteiger partial charge is 0.332 e. The highest BCUT2D eigenvalue weighted by Gasteiger charge is 2.49. The average Bonchev–Trinajstić information content (AvgIpc) is 2.88. The maximum atomic E-state index is 12.3. The van der Waals surface area contributed by atoms with E-state index in [1.807, 2.05) is 42.5 Å². The van der Waals surface area contributed by atoms with Crippen molar-refractivity contribution < 1.29 is 13.2 Å². The topological polar surface area (TPSA) is 66.5 Å². The van der Waals surface area contributed by atoms with Crippen LogP contribution in [0.5, 0.6) is 0 Å². The number of nitrogens with one attached hydrogen (secondary N) is 1. The molecule has 2 fully saturated rings. The van der Waals surface area contributed by atoms with Gasteiger partial charge in [0.05, 0.1) is 29.3 Å². The highest BCUT2D eigenvalue weighted by atomic mass is 32.2. The standard InChI is InChI=1S/C15H14N2O3S/c18-15-16-12-8-21(19,20)9-14(12)17(15)13-7-3-5-10-4-1-2-6-11(10)13/h1-7,12,14H,8-9H2,(H,16,18)/t12-,14+/m0/s1. The zero-order valence-electron chi connectivity index (χ0n) is 11.2. The van der Waals surface area contributed by atoms with Crippen LogP contribution in [0.1, 0.15) is 0 Å². The summed E-state index contributed by atoms with van der Waals surface area (Å²) in [5.74, 6) is 0.0598. The fourth-order valence-electron chi connectivity index (χ4n) is 3.31. The molecule has 0 bridgehead atoms. The number of carbonyl (C=O) groups excluding carboxylic acids is 1. The average molecular weight is 302 g/mol. The molecule has 2 atom stereocenters. The van der Waals surface area contributed by atoms with Gasteiger partial charge in [0.25, 0.3) is 0 Å². The van der Waals surface area contributed by atoms with E-state index < -0.39 is 9.84 Å². The number of carbonyl (C=O) groups is 1. The van der Waals surface area contributed by atoms with E-state index in [-0.39, 0.29) is 29.6 Å². The van der Waals surface area contributed by atoms with Crippen LogP contribution in [0.15, 0.2) is 42.5 Å². The van der Waals surface area contributed by atoms with Gasteiger partial charge in [-0.3, -0.25) is 4.90 Å². The van der Waals surface area contributed by atoms with E-state index in [0.717, 1.165) is 16.5 Å². The number of anilines is 1. The summed E-state index contributed by atoms with van der Waals surface area (Å²) in [6, 6.07) is 12.7. The van der Waals surface area contributed by atoms with Crippen LogP contribution in [0, 0.1) is 0 Å². The molecule has 0 saturated carbocycles. The highest BCUT2D eigenvalue weighted by molar-refractivity contribution is 7.91. The molecule has 2 aliphatic rings. The van der Waals surface area contributed by atoms with Crippen LogP contribution in [-0.2, 0) is 9.84 Å². The van der Waals surface area contributed by atoms with Crippen LogP contribution < -0.4 is 10.2 Å². The van der Waals surface area contributed by atoms with E-state index >= 15 is 0 Å². The lowest BCUT2D eigenvalue weighted by Gasteiger charge is -2.23. The van der Waals surface area contributed by atoms with Crippen molar-refractivity contribution in [2.75, 3.05) is 16.4 Å². The molecule has 0 spiro atoms. The SMILES string of the molecule is O=C1N[C@H]2CS(=O)(=O)C[C@H]2N1c1cccc2ccccc12. The van der Waals surface area contributed by atoms with E-state index in [0.29, 0.717) is 0 Å². The molecule has 2 aliphatic heterocycles. The van der Waals surface area contributed by atoms with Gasteiger partial charge in [0.2, 0.25) is 0 Å². The molecule has 21 heavy (non-hydrogen) atoms. The first kappa shape index (κ1) is 12.6. The molecule has 2 aromatic rings. The molecule has 0 radical (unpaired) electrons. The van der Waals surface area contributed by atoms with E-state index in [1.54, 1.807) is 4.90 Å². The van der Waals surface area contributed by atoms with Crippen molar-refractivity contribution in [2.45, 2.75) is 12.1 Å². The Kier molecular flexibility index (Phi) is 2.53. The molecular weight excluding hydrogens is 288 g/mol. The molecule has 0 aromatic heterocycles. The lowest BCUT2D eigenvalue weighted by atomic mass is 10.1. The molecule has 6 heteroatoms. The quantitative estimate of drug-likeness (QED) is 0.813. The Labute approximate surface area is 122 Å². The number of fused-ring (bicyclic) bond motifs is 2. The number of hydrogen-bond acceptors (Lipinski definition) is 3. The van der Waals surface area contributed by atoms with Crippen LogP contribution in [0.25, 0.3) is 10.8 Å². The van der Waals surface area contributed by atoms with Gasteiger partial charge in [-0.1, -0.05) is 36.4 Å². The zero-order valence-corrected chi connectivity index (χ0v) is 12.0. The van der Waals surface area contributed by atoms with Crippen molar-refractivity contribution in [1.29, 1.82) is 0 Å². The Morgan fingerprint density at radius 3 is 2.67 bits per heavy atom. The monoisotopic (exact) mass is 302 g/mol. The molecule has 108 valence electrons. The summed E-state index contributed by atoms with van der Waals surface area (Å²) in [7, 11) is -3.08. The summed E-state index contributed by atoms with van der Waals surface area (Å²) in [5.41, 5.74) is 0.773. The Morgan fingerprint density at radius 1 is 1.05 bits per heavy atom. The maximum Gasteiger partial charge on any atom is 0.322 e. The van der Waals surface area contributed by atoms with Gasteiger partial charge in [-0.25, -0.2) is 13.2 Å². The van der Waals surface area contributed by atoms with E-state index in [9.17, 15) is 13.2 Å². The fourth-order valence-corrected chi connectivity index (χ4v) is 5.20. The van der Waals surface area contributed by atoms with Gasteiger partial charge in [-0.15, -0.1) is 0 Å². The normalized spacial score (nSPS) is 26.9. The third-order valence-corrected chi connectivity index (χ3v) is 5.92.